The quantitative estimate of drug-likeness (QED) is 0.379. The van der Waals surface area contributed by atoms with Gasteiger partial charge in [0.2, 0.25) is 5.17 Å². The zero-order valence-electron chi connectivity index (χ0n) is 11.0. The highest BCUT2D eigenvalue weighted by molar-refractivity contribution is 6.69. The monoisotopic (exact) mass is 291 g/mol. The summed E-state index contributed by atoms with van der Waals surface area (Å²) < 4.78 is 0. The van der Waals surface area contributed by atoms with Crippen LogP contribution in [0.1, 0.15) is 12.5 Å². The van der Waals surface area contributed by atoms with E-state index in [0.29, 0.717) is 12.2 Å². The highest BCUT2D eigenvalue weighted by atomic mass is 35.5. The molecule has 0 bridgehead atoms. The third kappa shape index (κ3) is 4.75. The molecule has 1 N–H and O–H groups in total. The van der Waals surface area contributed by atoms with E-state index in [9.17, 15) is 10.1 Å². The van der Waals surface area contributed by atoms with Crippen LogP contribution in [-0.2, 0) is 6.54 Å². The molecule has 0 heterocycles. The van der Waals surface area contributed by atoms with Crippen LogP contribution < -0.4 is 5.32 Å². The number of rotatable bonds is 6. The number of hydrogen-bond acceptors (Lipinski definition) is 4. The first kappa shape index (κ1) is 15.7. The van der Waals surface area contributed by atoms with Gasteiger partial charge in [0, 0.05) is 6.54 Å². The van der Waals surface area contributed by atoms with Gasteiger partial charge in [-0.15, -0.1) is 6.42 Å². The SMILES string of the molecule is C#CCN=C(Cl)/C(=C(\C)NCc1ccccc1)[N+](=O)[O-]. The second-order valence-electron chi connectivity index (χ2n) is 3.88. The summed E-state index contributed by atoms with van der Waals surface area (Å²) in [5, 5.41) is 13.8. The lowest BCUT2D eigenvalue weighted by Crippen LogP contribution is -2.19. The summed E-state index contributed by atoms with van der Waals surface area (Å²) in [6.45, 7) is 2.04. The third-order valence-electron chi connectivity index (χ3n) is 2.44. The molecular weight excluding hydrogens is 278 g/mol. The molecule has 1 aromatic rings. The minimum Gasteiger partial charge on any atom is -0.379 e. The highest BCUT2D eigenvalue weighted by Gasteiger charge is 2.21. The van der Waals surface area contributed by atoms with Gasteiger partial charge in [0.15, 0.2) is 0 Å². The standard InChI is InChI=1S/C14H14ClN3O2/c1-3-9-16-14(15)13(18(19)20)11(2)17-10-12-7-5-4-6-8-12/h1,4-8,17H,9-10H2,2H3/b13-11-,16-14?. The molecule has 20 heavy (non-hydrogen) atoms. The van der Waals surface area contributed by atoms with Crippen LogP contribution in [0.4, 0.5) is 0 Å². The van der Waals surface area contributed by atoms with E-state index in [-0.39, 0.29) is 17.4 Å². The lowest BCUT2D eigenvalue weighted by molar-refractivity contribution is -0.416. The number of terminal acetylenes is 1. The Hall–Kier alpha value is -2.32. The maximum absolute atomic E-state index is 11.0. The predicted molar refractivity (Wildman–Crippen MR) is 80.0 cm³/mol. The van der Waals surface area contributed by atoms with Crippen LogP contribution in [-0.4, -0.2) is 16.6 Å². The summed E-state index contributed by atoms with van der Waals surface area (Å²) >= 11 is 5.81. The number of nitrogens with zero attached hydrogens (tertiary/aromatic N) is 2. The molecule has 6 heteroatoms. The first-order valence-corrected chi connectivity index (χ1v) is 6.21. The average Bonchev–Trinajstić information content (AvgIpc) is 2.43. The van der Waals surface area contributed by atoms with E-state index in [1.807, 2.05) is 30.3 Å². The van der Waals surface area contributed by atoms with Crippen molar-refractivity contribution in [2.45, 2.75) is 13.5 Å². The molecule has 1 aromatic carbocycles. The van der Waals surface area contributed by atoms with Crippen LogP contribution in [0, 0.1) is 22.5 Å². The molecule has 1 rings (SSSR count). The Balaban J connectivity index is 2.88. The van der Waals surface area contributed by atoms with E-state index >= 15 is 0 Å². The van der Waals surface area contributed by atoms with Crippen LogP contribution >= 0.6 is 11.6 Å². The van der Waals surface area contributed by atoms with Crippen LogP contribution in [0.5, 0.6) is 0 Å². The largest absolute Gasteiger partial charge is 0.379 e. The van der Waals surface area contributed by atoms with Gasteiger partial charge in [-0.3, -0.25) is 15.1 Å². The molecule has 0 aliphatic heterocycles. The van der Waals surface area contributed by atoms with Crippen molar-refractivity contribution in [3.8, 4) is 12.3 Å². The number of nitrogens with one attached hydrogen (secondary N) is 1. The zero-order valence-corrected chi connectivity index (χ0v) is 11.7. The van der Waals surface area contributed by atoms with Gasteiger partial charge in [-0.25, -0.2) is 0 Å². The predicted octanol–water partition coefficient (Wildman–Crippen LogP) is 2.55. The summed E-state index contributed by atoms with van der Waals surface area (Å²) in [6, 6.07) is 9.52. The topological polar surface area (TPSA) is 67.5 Å². The average molecular weight is 292 g/mol. The number of benzene rings is 1. The summed E-state index contributed by atoms with van der Waals surface area (Å²) in [5.41, 5.74) is 1.08. The molecule has 0 aliphatic rings. The van der Waals surface area contributed by atoms with Crippen molar-refractivity contribution in [2.75, 3.05) is 6.54 Å². The smallest absolute Gasteiger partial charge is 0.324 e. The van der Waals surface area contributed by atoms with E-state index in [4.69, 9.17) is 18.0 Å². The highest BCUT2D eigenvalue weighted by Crippen LogP contribution is 2.10. The summed E-state index contributed by atoms with van der Waals surface area (Å²) in [4.78, 5) is 14.2. The molecule has 0 aliphatic carbocycles. The molecule has 0 aromatic heterocycles. The van der Waals surface area contributed by atoms with Gasteiger partial charge in [0.1, 0.15) is 6.54 Å². The Kier molecular flexibility index (Phi) is 6.27. The number of allylic oxidation sites excluding steroid dienone is 2. The van der Waals surface area contributed by atoms with Crippen molar-refractivity contribution < 1.29 is 4.92 Å². The van der Waals surface area contributed by atoms with Gasteiger partial charge in [0.05, 0.1) is 10.6 Å². The maximum atomic E-state index is 11.0. The molecule has 0 saturated carbocycles. The second kappa shape index (κ2) is 7.97. The molecule has 0 spiro atoms. The maximum Gasteiger partial charge on any atom is 0.324 e. The van der Waals surface area contributed by atoms with Crippen molar-refractivity contribution in [3.05, 3.63) is 57.4 Å². The van der Waals surface area contributed by atoms with Gasteiger partial charge in [-0.2, -0.15) is 0 Å². The van der Waals surface area contributed by atoms with E-state index < -0.39 is 4.92 Å². The van der Waals surface area contributed by atoms with E-state index in [0.717, 1.165) is 5.56 Å². The van der Waals surface area contributed by atoms with E-state index in [1.54, 1.807) is 6.92 Å². The Morgan fingerprint density at radius 3 is 2.70 bits per heavy atom. The lowest BCUT2D eigenvalue weighted by atomic mass is 10.2. The van der Waals surface area contributed by atoms with Gasteiger partial charge < -0.3 is 5.32 Å². The summed E-state index contributed by atoms with van der Waals surface area (Å²) in [5.74, 6) is 2.25. The van der Waals surface area contributed by atoms with Crippen molar-refractivity contribution in [3.63, 3.8) is 0 Å². The minimum atomic E-state index is -0.574. The molecule has 5 nitrogen and oxygen atoms in total. The van der Waals surface area contributed by atoms with Gasteiger partial charge >= 0.3 is 5.70 Å². The molecule has 0 saturated heterocycles. The normalized spacial score (nSPS) is 12.3. The van der Waals surface area contributed by atoms with E-state index in [2.05, 4.69) is 16.2 Å². The molecule has 0 radical (unpaired) electrons. The van der Waals surface area contributed by atoms with Gasteiger partial charge in [-0.1, -0.05) is 47.9 Å². The number of hydrogen-bond donors (Lipinski definition) is 1. The second-order valence-corrected chi connectivity index (χ2v) is 4.24. The van der Waals surface area contributed by atoms with Gasteiger partial charge in [0.25, 0.3) is 0 Å². The first-order chi connectivity index (χ1) is 9.56. The molecule has 0 fully saturated rings. The van der Waals surface area contributed by atoms with Crippen LogP contribution in [0.15, 0.2) is 46.7 Å². The zero-order chi connectivity index (χ0) is 15.0. The Bertz CT molecular complexity index is 574. The molecular formula is C14H14ClN3O2. The third-order valence-corrected chi connectivity index (χ3v) is 2.74. The van der Waals surface area contributed by atoms with E-state index in [1.165, 1.54) is 0 Å². The number of halogens is 1. The summed E-state index contributed by atoms with van der Waals surface area (Å²) in [7, 11) is 0. The molecule has 0 amide bonds. The van der Waals surface area contributed by atoms with Crippen molar-refractivity contribution in [2.24, 2.45) is 4.99 Å². The molecule has 0 unspecified atom stereocenters. The minimum absolute atomic E-state index is 0.00212. The Morgan fingerprint density at radius 2 is 2.15 bits per heavy atom. The van der Waals surface area contributed by atoms with Crippen molar-refractivity contribution >= 4 is 16.8 Å². The first-order valence-electron chi connectivity index (χ1n) is 5.83. The van der Waals surface area contributed by atoms with Crippen LogP contribution in [0.25, 0.3) is 0 Å². The van der Waals surface area contributed by atoms with Crippen LogP contribution in [0.3, 0.4) is 0 Å². The van der Waals surface area contributed by atoms with Crippen molar-refractivity contribution in [1.29, 1.82) is 0 Å². The Labute approximate surface area is 122 Å². The molecule has 104 valence electrons. The molecule has 0 atom stereocenters. The fourth-order valence-corrected chi connectivity index (χ4v) is 1.74. The fourth-order valence-electron chi connectivity index (χ4n) is 1.47. The van der Waals surface area contributed by atoms with Crippen molar-refractivity contribution in [1.82, 2.24) is 5.32 Å². The van der Waals surface area contributed by atoms with Crippen LogP contribution in [0.2, 0.25) is 0 Å². The summed E-state index contributed by atoms with van der Waals surface area (Å²) in [6.07, 6.45) is 5.05. The Morgan fingerprint density at radius 1 is 1.50 bits per heavy atom. The number of aliphatic imine (C=N–C) groups is 1. The fraction of sp³-hybridized carbons (Fsp3) is 0.214. The lowest BCUT2D eigenvalue weighted by Gasteiger charge is -2.07. The number of nitro groups is 1. The van der Waals surface area contributed by atoms with Gasteiger partial charge in [-0.05, 0) is 12.5 Å².